The van der Waals surface area contributed by atoms with E-state index >= 15 is 0 Å². The van der Waals surface area contributed by atoms with E-state index < -0.39 is 0 Å². The van der Waals surface area contributed by atoms with E-state index in [1.54, 1.807) is 7.11 Å². The van der Waals surface area contributed by atoms with Gasteiger partial charge in [-0.15, -0.1) is 24.8 Å². The Bertz CT molecular complexity index is 524. The van der Waals surface area contributed by atoms with Crippen molar-refractivity contribution in [1.29, 1.82) is 0 Å². The van der Waals surface area contributed by atoms with E-state index in [4.69, 9.17) is 9.47 Å². The Kier molecular flexibility index (Phi) is 10.8. The summed E-state index contributed by atoms with van der Waals surface area (Å²) < 4.78 is 11.1. The highest BCUT2D eigenvalue weighted by Crippen LogP contribution is 2.27. The number of hydrogen-bond donors (Lipinski definition) is 1. The van der Waals surface area contributed by atoms with Gasteiger partial charge in [0.1, 0.15) is 5.75 Å². The molecule has 156 valence electrons. The third-order valence-electron chi connectivity index (χ3n) is 5.56. The molecule has 1 heterocycles. The van der Waals surface area contributed by atoms with Crippen LogP contribution < -0.4 is 9.64 Å². The largest absolute Gasteiger partial charge is 0.497 e. The maximum Gasteiger partial charge on any atom is 0.119 e. The van der Waals surface area contributed by atoms with Crippen molar-refractivity contribution in [3.8, 4) is 5.75 Å². The van der Waals surface area contributed by atoms with Crippen LogP contribution in [0.4, 0.5) is 5.69 Å². The van der Waals surface area contributed by atoms with Gasteiger partial charge in [0.2, 0.25) is 0 Å². The Morgan fingerprint density at radius 2 is 1.74 bits per heavy atom. The number of halogens is 2. The van der Waals surface area contributed by atoms with Crippen LogP contribution >= 0.6 is 24.8 Å². The molecule has 0 amide bonds. The first kappa shape index (κ1) is 24.3. The van der Waals surface area contributed by atoms with Gasteiger partial charge >= 0.3 is 0 Å². The molecule has 1 aromatic carbocycles. The lowest BCUT2D eigenvalue weighted by Gasteiger charge is -2.37. The Morgan fingerprint density at radius 3 is 2.30 bits per heavy atom. The molecule has 0 radical (unpaired) electrons. The van der Waals surface area contributed by atoms with Crippen LogP contribution in [0.1, 0.15) is 26.2 Å². The molecule has 2 fully saturated rings. The molecule has 1 saturated carbocycles. The molecule has 1 N–H and O–H groups in total. The van der Waals surface area contributed by atoms with Gasteiger partial charge in [0.05, 0.1) is 25.9 Å². The summed E-state index contributed by atoms with van der Waals surface area (Å²) in [5, 5.41) is 10.3. The van der Waals surface area contributed by atoms with Crippen molar-refractivity contribution in [3.05, 3.63) is 24.3 Å². The molecular weight excluding hydrogens is 387 g/mol. The number of aliphatic hydroxyl groups excluding tert-OH is 1. The summed E-state index contributed by atoms with van der Waals surface area (Å²) in [6, 6.07) is 8.24. The van der Waals surface area contributed by atoms with Crippen molar-refractivity contribution < 1.29 is 14.6 Å². The number of anilines is 1. The Balaban J connectivity index is 0.00000182. The van der Waals surface area contributed by atoms with Crippen molar-refractivity contribution >= 4 is 30.5 Å². The SMILES string of the molecule is COc1ccc(N2CCN(CC(O)COC3CCCC3C)CC2)cc1.Cl.Cl. The minimum Gasteiger partial charge on any atom is -0.497 e. The van der Waals surface area contributed by atoms with Gasteiger partial charge in [-0.25, -0.2) is 0 Å². The lowest BCUT2D eigenvalue weighted by Crippen LogP contribution is -2.49. The van der Waals surface area contributed by atoms with Crippen LogP contribution in [-0.2, 0) is 4.74 Å². The number of rotatable bonds is 7. The van der Waals surface area contributed by atoms with Gasteiger partial charge in [-0.1, -0.05) is 13.3 Å². The monoisotopic (exact) mass is 420 g/mol. The van der Waals surface area contributed by atoms with Crippen LogP contribution in [0.5, 0.6) is 5.75 Å². The lowest BCUT2D eigenvalue weighted by molar-refractivity contribution is -0.0321. The smallest absolute Gasteiger partial charge is 0.119 e. The molecule has 5 nitrogen and oxygen atoms in total. The molecule has 2 aliphatic rings. The topological polar surface area (TPSA) is 45.2 Å². The van der Waals surface area contributed by atoms with Crippen molar-refractivity contribution in [2.75, 3.05) is 51.3 Å². The summed E-state index contributed by atoms with van der Waals surface area (Å²) in [4.78, 5) is 4.73. The fraction of sp³-hybridized carbons (Fsp3) is 0.700. The minimum absolute atomic E-state index is 0. The third kappa shape index (κ3) is 6.99. The maximum atomic E-state index is 10.3. The Hall–Kier alpha value is -0.720. The van der Waals surface area contributed by atoms with E-state index in [9.17, 15) is 5.11 Å². The van der Waals surface area contributed by atoms with E-state index in [1.165, 1.54) is 18.5 Å². The molecule has 3 atom stereocenters. The minimum atomic E-state index is -0.389. The molecule has 0 aromatic heterocycles. The summed E-state index contributed by atoms with van der Waals surface area (Å²) in [7, 11) is 1.69. The van der Waals surface area contributed by atoms with Crippen LogP contribution in [-0.4, -0.2) is 68.7 Å². The van der Waals surface area contributed by atoms with Crippen LogP contribution in [0.15, 0.2) is 24.3 Å². The summed E-state index contributed by atoms with van der Waals surface area (Å²) in [6.07, 6.45) is 3.62. The van der Waals surface area contributed by atoms with Gasteiger partial charge in [0.25, 0.3) is 0 Å². The maximum absolute atomic E-state index is 10.3. The van der Waals surface area contributed by atoms with Gasteiger partial charge in [-0.3, -0.25) is 4.90 Å². The quantitative estimate of drug-likeness (QED) is 0.733. The molecule has 7 heteroatoms. The predicted molar refractivity (Wildman–Crippen MR) is 115 cm³/mol. The Morgan fingerprint density at radius 1 is 1.07 bits per heavy atom. The number of piperazine rings is 1. The molecule has 27 heavy (non-hydrogen) atoms. The molecule has 0 bridgehead atoms. The molecule has 1 aliphatic carbocycles. The summed E-state index contributed by atoms with van der Waals surface area (Å²) in [6.45, 7) is 7.35. The summed E-state index contributed by atoms with van der Waals surface area (Å²) in [5.41, 5.74) is 1.24. The molecule has 1 aliphatic heterocycles. The number of nitrogens with zero attached hydrogens (tertiary/aromatic N) is 2. The Labute approximate surface area is 175 Å². The first-order valence-electron chi connectivity index (χ1n) is 9.56. The molecular formula is C20H34Cl2N2O3. The number of benzene rings is 1. The third-order valence-corrected chi connectivity index (χ3v) is 5.56. The van der Waals surface area contributed by atoms with Crippen LogP contribution in [0.3, 0.4) is 0 Å². The highest BCUT2D eigenvalue weighted by atomic mass is 35.5. The van der Waals surface area contributed by atoms with Crippen molar-refractivity contribution in [2.45, 2.75) is 38.4 Å². The first-order chi connectivity index (χ1) is 12.2. The molecule has 0 spiro atoms. The lowest BCUT2D eigenvalue weighted by atomic mass is 10.1. The number of methoxy groups -OCH3 is 1. The fourth-order valence-electron chi connectivity index (χ4n) is 3.93. The van der Waals surface area contributed by atoms with Crippen LogP contribution in [0, 0.1) is 5.92 Å². The second kappa shape index (κ2) is 12.0. The summed E-state index contributed by atoms with van der Waals surface area (Å²) >= 11 is 0. The van der Waals surface area contributed by atoms with Gasteiger partial charge < -0.3 is 19.5 Å². The number of ether oxygens (including phenoxy) is 2. The zero-order chi connectivity index (χ0) is 17.6. The molecule has 1 aromatic rings. The normalized spacial score (nSPS) is 24.0. The van der Waals surface area contributed by atoms with E-state index in [0.29, 0.717) is 25.2 Å². The van der Waals surface area contributed by atoms with E-state index in [2.05, 4.69) is 28.9 Å². The van der Waals surface area contributed by atoms with Crippen LogP contribution in [0.2, 0.25) is 0 Å². The van der Waals surface area contributed by atoms with Crippen molar-refractivity contribution in [2.24, 2.45) is 5.92 Å². The number of aliphatic hydroxyl groups is 1. The predicted octanol–water partition coefficient (Wildman–Crippen LogP) is 3.23. The first-order valence-corrected chi connectivity index (χ1v) is 9.56. The highest BCUT2D eigenvalue weighted by molar-refractivity contribution is 5.85. The van der Waals surface area contributed by atoms with E-state index in [0.717, 1.165) is 38.3 Å². The zero-order valence-corrected chi connectivity index (χ0v) is 18.0. The number of hydrogen-bond acceptors (Lipinski definition) is 5. The van der Waals surface area contributed by atoms with Gasteiger partial charge in [0.15, 0.2) is 0 Å². The van der Waals surface area contributed by atoms with Crippen molar-refractivity contribution in [3.63, 3.8) is 0 Å². The zero-order valence-electron chi connectivity index (χ0n) is 16.4. The average molecular weight is 421 g/mol. The molecule has 1 saturated heterocycles. The van der Waals surface area contributed by atoms with Gasteiger partial charge in [0, 0.05) is 38.4 Å². The summed E-state index contributed by atoms with van der Waals surface area (Å²) in [5.74, 6) is 1.53. The molecule has 3 unspecified atom stereocenters. The highest BCUT2D eigenvalue weighted by Gasteiger charge is 2.25. The number of β-amino-alcohol motifs (C(OH)–C–C–N with tert-alkyl or cyclic N) is 1. The van der Waals surface area contributed by atoms with Gasteiger partial charge in [-0.05, 0) is 43.0 Å². The fourth-order valence-corrected chi connectivity index (χ4v) is 3.93. The molecule has 3 rings (SSSR count). The van der Waals surface area contributed by atoms with Gasteiger partial charge in [-0.2, -0.15) is 0 Å². The van der Waals surface area contributed by atoms with E-state index in [-0.39, 0.29) is 30.9 Å². The standard InChI is InChI=1S/C20H32N2O3.2ClH/c1-16-4-3-5-20(16)25-15-18(23)14-21-10-12-22(13-11-21)17-6-8-19(24-2)9-7-17;;/h6-9,16,18,20,23H,3-5,10-15H2,1-2H3;2*1H. The van der Waals surface area contributed by atoms with Crippen LogP contribution in [0.25, 0.3) is 0 Å². The van der Waals surface area contributed by atoms with E-state index in [1.807, 2.05) is 12.1 Å². The average Bonchev–Trinajstić information content (AvgIpc) is 3.06. The second-order valence-electron chi connectivity index (χ2n) is 7.42. The van der Waals surface area contributed by atoms with Crippen molar-refractivity contribution in [1.82, 2.24) is 4.90 Å². The second-order valence-corrected chi connectivity index (χ2v) is 7.42.